The van der Waals surface area contributed by atoms with Crippen molar-refractivity contribution >= 4 is 4.73 Å². The van der Waals surface area contributed by atoms with Crippen molar-refractivity contribution in [3.63, 3.8) is 0 Å². The first-order chi connectivity index (χ1) is 2.91. The summed E-state index contributed by atoms with van der Waals surface area (Å²) >= 11 is 6.73. The van der Waals surface area contributed by atoms with Crippen molar-refractivity contribution in [1.29, 1.82) is 0 Å². The van der Waals surface area contributed by atoms with E-state index in [1.165, 1.54) is 6.08 Å². The number of hydrogen-bond donors (Lipinski definition) is 0. The van der Waals surface area contributed by atoms with E-state index >= 15 is 0 Å². The van der Waals surface area contributed by atoms with Crippen molar-refractivity contribution in [2.75, 3.05) is 0 Å². The molecule has 0 amide bonds. The van der Waals surface area contributed by atoms with Crippen LogP contribution in [-0.4, -0.2) is 4.73 Å². The van der Waals surface area contributed by atoms with E-state index in [2.05, 4.69) is 46.2 Å². The zero-order chi connectivity index (χ0) is 5.41. The van der Waals surface area contributed by atoms with Gasteiger partial charge in [0, 0.05) is 0 Å². The van der Waals surface area contributed by atoms with Gasteiger partial charge in [-0.15, -0.1) is 0 Å². The second kappa shape index (κ2) is 16.2. The predicted octanol–water partition coefficient (Wildman–Crippen LogP) is 0.320. The Morgan fingerprint density at radius 2 is 1.50 bits per heavy atom. The molecule has 0 radical (unpaired) electrons. The normalized spacial score (nSPS) is 3.50. The van der Waals surface area contributed by atoms with E-state index in [1.54, 1.807) is 4.73 Å². The van der Waals surface area contributed by atoms with Crippen LogP contribution in [0.3, 0.4) is 0 Å². The van der Waals surface area contributed by atoms with E-state index in [1.807, 2.05) is 0 Å². The van der Waals surface area contributed by atoms with Gasteiger partial charge in [0.15, 0.2) is 0 Å². The summed E-state index contributed by atoms with van der Waals surface area (Å²) in [6.07, 6.45) is 1.47. The molecule has 0 atom stereocenters. The van der Waals surface area contributed by atoms with Gasteiger partial charge in [-0.25, -0.2) is 0 Å². The van der Waals surface area contributed by atoms with Crippen LogP contribution in [0.15, 0.2) is 6.08 Å². The third kappa shape index (κ3) is 18.3. The molecule has 0 spiro atoms. The van der Waals surface area contributed by atoms with Crippen LogP contribution in [0.1, 0.15) is 0 Å². The molecule has 0 bridgehead atoms. The fourth-order valence-electron chi connectivity index (χ4n) is 0. The first kappa shape index (κ1) is 10.4. The van der Waals surface area contributed by atoms with E-state index in [9.17, 15) is 0 Å². The summed E-state index contributed by atoms with van der Waals surface area (Å²) in [5, 5.41) is 0. The van der Waals surface area contributed by atoms with E-state index in [-0.39, 0.29) is 0 Å². The van der Waals surface area contributed by atoms with Gasteiger partial charge in [-0.3, -0.25) is 0 Å². The van der Waals surface area contributed by atoms with E-state index in [0.29, 0.717) is 0 Å². The molecule has 0 aliphatic carbocycles. The van der Waals surface area contributed by atoms with Crippen LogP contribution >= 0.6 is 0 Å². The fourth-order valence-corrected chi connectivity index (χ4v) is 0. The Kier molecular flexibility index (Phi) is 28.0. The molecule has 6 heavy (non-hydrogen) atoms. The number of allylic oxidation sites excluding steroid dienone is 1. The minimum absolute atomic E-state index is 1.47. The predicted molar refractivity (Wildman–Crippen MR) is 14.9 cm³/mol. The van der Waals surface area contributed by atoms with Crippen molar-refractivity contribution in [2.45, 2.75) is 0 Å². The summed E-state index contributed by atoms with van der Waals surface area (Å²) in [4.78, 5) is 0. The average Bonchev–Trinajstić information content (AvgIpc) is 1.72. The maximum absolute atomic E-state index is 4.83. The van der Waals surface area contributed by atoms with E-state index < -0.39 is 0 Å². The standard InChI is InChI=1S/C3H3.3V/c1-3-2;;;/h1-3H;;;/q-1;;;. The first-order valence-electron chi connectivity index (χ1n) is 1.12. The van der Waals surface area contributed by atoms with Gasteiger partial charge in [-0.2, -0.15) is 0 Å². The molecule has 0 nitrogen and oxygen atoms in total. The fraction of sp³-hybridized carbons (Fsp3) is 0. The Balaban J connectivity index is 0. The maximum atomic E-state index is 4.83. The average molecular weight is 192 g/mol. The van der Waals surface area contributed by atoms with Crippen LogP contribution in [0.25, 0.3) is 0 Å². The summed E-state index contributed by atoms with van der Waals surface area (Å²) < 4.78 is 1.72. The number of rotatable bonds is 1. The minimum atomic E-state index is 1.47. The van der Waals surface area contributed by atoms with Crippen molar-refractivity contribution in [1.82, 2.24) is 0 Å². The molecule has 0 rings (SSSR count). The van der Waals surface area contributed by atoms with Crippen LogP contribution in [0, 0.1) is 6.58 Å². The summed E-state index contributed by atoms with van der Waals surface area (Å²) in [7, 11) is 0. The zero-order valence-electron chi connectivity index (χ0n) is 3.07. The van der Waals surface area contributed by atoms with Crippen LogP contribution < -0.4 is 0 Å². The van der Waals surface area contributed by atoms with Crippen molar-refractivity contribution < 1.29 is 46.2 Å². The molecule has 0 heterocycles. The van der Waals surface area contributed by atoms with Crippen LogP contribution in [0.5, 0.6) is 0 Å². The third-order valence-electron chi connectivity index (χ3n) is 0.0861. The Hall–Kier alpha value is 1.36. The summed E-state index contributed by atoms with van der Waals surface area (Å²) in [5.74, 6) is 0. The Morgan fingerprint density at radius 3 is 1.50 bits per heavy atom. The van der Waals surface area contributed by atoms with Crippen LogP contribution in [0.4, 0.5) is 0 Å². The molecule has 0 fully saturated rings. The van der Waals surface area contributed by atoms with Crippen LogP contribution in [0.2, 0.25) is 0 Å². The Morgan fingerprint density at radius 1 is 1.33 bits per heavy atom. The molecule has 0 saturated heterocycles. The third-order valence-corrected chi connectivity index (χ3v) is 0.355. The van der Waals surface area contributed by atoms with Gasteiger partial charge < -0.3 is 0 Å². The molecule has 3 heteroatoms. The summed E-state index contributed by atoms with van der Waals surface area (Å²) in [5.41, 5.74) is 0. The topological polar surface area (TPSA) is 0 Å². The van der Waals surface area contributed by atoms with E-state index in [4.69, 9.17) is 6.58 Å². The SMILES string of the molecule is [CH-]=C[CH]=[V].[V]=[V]. The molecule has 0 aliphatic heterocycles. The zero-order valence-corrected chi connectivity index (χ0v) is 7.26. The van der Waals surface area contributed by atoms with Crippen molar-refractivity contribution in [3.05, 3.63) is 12.7 Å². The number of hydrogen-bond acceptors (Lipinski definition) is 0. The van der Waals surface area contributed by atoms with Crippen LogP contribution in [-0.2, 0) is 46.2 Å². The van der Waals surface area contributed by atoms with Gasteiger partial charge in [0.05, 0.1) is 0 Å². The summed E-state index contributed by atoms with van der Waals surface area (Å²) in [6.45, 7) is 4.83. The molecule has 0 aromatic rings. The van der Waals surface area contributed by atoms with Gasteiger partial charge >= 0.3 is 63.6 Å². The molecule has 0 unspecified atom stereocenters. The second-order valence-corrected chi connectivity index (χ2v) is 0.807. The summed E-state index contributed by atoms with van der Waals surface area (Å²) in [6, 6.07) is 0. The Bertz CT molecular complexity index is 35.3. The molecular formula is C3H3V3-. The van der Waals surface area contributed by atoms with Gasteiger partial charge in [0.1, 0.15) is 0 Å². The molecule has 0 aliphatic rings. The van der Waals surface area contributed by atoms with Gasteiger partial charge in [-0.05, 0) is 0 Å². The molecule has 0 aromatic heterocycles. The first-order valence-corrected chi connectivity index (χ1v) is 5.13. The van der Waals surface area contributed by atoms with Gasteiger partial charge in [0.2, 0.25) is 0 Å². The molecule has 0 saturated carbocycles. The molecule has 0 aromatic carbocycles. The van der Waals surface area contributed by atoms with Gasteiger partial charge in [0.25, 0.3) is 0 Å². The molecule has 31 valence electrons. The Labute approximate surface area is 63.2 Å². The molecular weight excluding hydrogens is 189 g/mol. The van der Waals surface area contributed by atoms with Gasteiger partial charge in [-0.1, -0.05) is 0 Å². The molecule has 0 N–H and O–H groups in total. The monoisotopic (exact) mass is 192 g/mol. The van der Waals surface area contributed by atoms with Crippen molar-refractivity contribution in [3.8, 4) is 0 Å². The van der Waals surface area contributed by atoms with E-state index in [0.717, 1.165) is 0 Å². The van der Waals surface area contributed by atoms with Crippen molar-refractivity contribution in [2.24, 2.45) is 0 Å². The second-order valence-electron chi connectivity index (χ2n) is 0.342. The quantitative estimate of drug-likeness (QED) is 0.524.